The number of terminal acetylenes is 1. The Morgan fingerprint density at radius 3 is 3.33 bits per heavy atom. The molecule has 0 radical (unpaired) electrons. The molecule has 1 heterocycles. The van der Waals surface area contributed by atoms with Crippen LogP contribution in [0.25, 0.3) is 0 Å². The van der Waals surface area contributed by atoms with Gasteiger partial charge in [0.25, 0.3) is 0 Å². The van der Waals surface area contributed by atoms with Gasteiger partial charge in [-0.3, -0.25) is 5.10 Å². The number of nitrogens with one attached hydrogen (secondary N) is 2. The Morgan fingerprint density at radius 2 is 2.78 bits per heavy atom. The van der Waals surface area contributed by atoms with Crippen LogP contribution in [-0.4, -0.2) is 16.7 Å². The summed E-state index contributed by atoms with van der Waals surface area (Å²) in [5.74, 6) is 2.45. The Bertz CT molecular complexity index is 195. The molecule has 0 aliphatic heterocycles. The van der Waals surface area contributed by atoms with Gasteiger partial charge in [0.2, 0.25) is 0 Å². The smallest absolute Gasteiger partial charge is 0.0764 e. The second kappa shape index (κ2) is 2.78. The maximum Gasteiger partial charge on any atom is 0.0764 e. The summed E-state index contributed by atoms with van der Waals surface area (Å²) in [6.07, 6.45) is 8.43. The third-order valence-electron chi connectivity index (χ3n) is 0.893. The van der Waals surface area contributed by atoms with Crippen LogP contribution >= 0.6 is 0 Å². The van der Waals surface area contributed by atoms with Crippen LogP contribution in [0.4, 0.5) is 5.69 Å². The zero-order valence-corrected chi connectivity index (χ0v) is 4.89. The lowest BCUT2D eigenvalue weighted by molar-refractivity contribution is 1.09. The summed E-state index contributed by atoms with van der Waals surface area (Å²) in [4.78, 5) is 0. The second-order valence-electron chi connectivity index (χ2n) is 1.54. The van der Waals surface area contributed by atoms with Crippen LogP contribution in [-0.2, 0) is 0 Å². The highest BCUT2D eigenvalue weighted by Crippen LogP contribution is 1.98. The molecule has 1 aromatic heterocycles. The van der Waals surface area contributed by atoms with Crippen molar-refractivity contribution in [3.8, 4) is 12.3 Å². The fraction of sp³-hybridized carbons (Fsp3) is 0.167. The van der Waals surface area contributed by atoms with E-state index in [2.05, 4.69) is 21.4 Å². The van der Waals surface area contributed by atoms with Crippen molar-refractivity contribution in [3.05, 3.63) is 12.4 Å². The van der Waals surface area contributed by atoms with E-state index >= 15 is 0 Å². The highest BCUT2D eigenvalue weighted by atomic mass is 15.1. The molecule has 1 rings (SSSR count). The van der Waals surface area contributed by atoms with Gasteiger partial charge in [0.15, 0.2) is 0 Å². The van der Waals surface area contributed by atoms with Crippen molar-refractivity contribution in [1.82, 2.24) is 10.2 Å². The van der Waals surface area contributed by atoms with Gasteiger partial charge in [-0.05, 0) is 0 Å². The summed E-state index contributed by atoms with van der Waals surface area (Å²) in [5.41, 5.74) is 0.924. The van der Waals surface area contributed by atoms with Gasteiger partial charge in [-0.2, -0.15) is 5.10 Å². The number of H-pyrrole nitrogens is 1. The van der Waals surface area contributed by atoms with Gasteiger partial charge in [-0.15, -0.1) is 6.42 Å². The number of nitrogens with zero attached hydrogens (tertiary/aromatic N) is 1. The van der Waals surface area contributed by atoms with Crippen LogP contribution in [0.15, 0.2) is 12.4 Å². The fourth-order valence-electron chi connectivity index (χ4n) is 0.501. The average Bonchev–Trinajstić information content (AvgIpc) is 2.34. The minimum atomic E-state index is 0.541. The minimum Gasteiger partial charge on any atom is -0.372 e. The van der Waals surface area contributed by atoms with E-state index in [4.69, 9.17) is 6.42 Å². The van der Waals surface area contributed by atoms with Gasteiger partial charge in [0.05, 0.1) is 18.4 Å². The number of hydrogen-bond acceptors (Lipinski definition) is 2. The summed E-state index contributed by atoms with van der Waals surface area (Å²) in [5, 5.41) is 9.32. The van der Waals surface area contributed by atoms with Crippen LogP contribution in [0.2, 0.25) is 0 Å². The molecule has 0 unspecified atom stereocenters. The Balaban J connectivity index is 2.41. The van der Waals surface area contributed by atoms with E-state index in [0.29, 0.717) is 6.54 Å². The van der Waals surface area contributed by atoms with Crippen molar-refractivity contribution in [2.24, 2.45) is 0 Å². The quantitative estimate of drug-likeness (QED) is 0.558. The number of aromatic nitrogens is 2. The number of hydrogen-bond donors (Lipinski definition) is 2. The number of anilines is 1. The normalized spacial score (nSPS) is 8.33. The Labute approximate surface area is 53.5 Å². The van der Waals surface area contributed by atoms with Gasteiger partial charge in [-0.25, -0.2) is 0 Å². The van der Waals surface area contributed by atoms with Crippen molar-refractivity contribution < 1.29 is 0 Å². The first-order valence-corrected chi connectivity index (χ1v) is 2.59. The molecular formula is C6H7N3. The second-order valence-corrected chi connectivity index (χ2v) is 1.54. The van der Waals surface area contributed by atoms with Gasteiger partial charge in [0.1, 0.15) is 0 Å². The first-order valence-electron chi connectivity index (χ1n) is 2.59. The molecule has 3 heteroatoms. The molecule has 46 valence electrons. The Morgan fingerprint density at radius 1 is 1.89 bits per heavy atom. The van der Waals surface area contributed by atoms with Crippen molar-refractivity contribution in [2.45, 2.75) is 0 Å². The van der Waals surface area contributed by atoms with E-state index in [-0.39, 0.29) is 0 Å². The standard InChI is InChI=1S/C6H7N3/c1-2-3-7-6-4-8-9-5-6/h1,4-5,7H,3H2,(H,8,9). The highest BCUT2D eigenvalue weighted by Gasteiger charge is 1.85. The molecule has 1 aromatic rings. The van der Waals surface area contributed by atoms with Gasteiger partial charge in [-0.1, -0.05) is 5.92 Å². The first-order chi connectivity index (χ1) is 4.43. The van der Waals surface area contributed by atoms with Crippen LogP contribution in [0.3, 0.4) is 0 Å². The van der Waals surface area contributed by atoms with E-state index in [1.54, 1.807) is 12.4 Å². The van der Waals surface area contributed by atoms with E-state index < -0.39 is 0 Å². The highest BCUT2D eigenvalue weighted by molar-refractivity contribution is 5.38. The molecule has 0 bridgehead atoms. The lowest BCUT2D eigenvalue weighted by Crippen LogP contribution is -1.95. The molecule has 0 fully saturated rings. The van der Waals surface area contributed by atoms with E-state index in [9.17, 15) is 0 Å². The SMILES string of the molecule is C#CCNc1cn[nH]c1. The first kappa shape index (κ1) is 5.70. The molecule has 0 saturated carbocycles. The average molecular weight is 121 g/mol. The number of rotatable bonds is 2. The third-order valence-corrected chi connectivity index (χ3v) is 0.893. The van der Waals surface area contributed by atoms with Crippen LogP contribution in [0, 0.1) is 12.3 Å². The Hall–Kier alpha value is -1.43. The topological polar surface area (TPSA) is 40.7 Å². The largest absolute Gasteiger partial charge is 0.372 e. The Kier molecular flexibility index (Phi) is 1.76. The maximum atomic E-state index is 5.00. The molecule has 9 heavy (non-hydrogen) atoms. The van der Waals surface area contributed by atoms with Crippen molar-refractivity contribution in [2.75, 3.05) is 11.9 Å². The van der Waals surface area contributed by atoms with Gasteiger partial charge in [0, 0.05) is 6.20 Å². The van der Waals surface area contributed by atoms with Gasteiger partial charge < -0.3 is 5.32 Å². The molecule has 3 nitrogen and oxygen atoms in total. The molecular weight excluding hydrogens is 114 g/mol. The molecule has 0 aliphatic carbocycles. The zero-order chi connectivity index (χ0) is 6.53. The van der Waals surface area contributed by atoms with E-state index in [1.165, 1.54) is 0 Å². The lowest BCUT2D eigenvalue weighted by Gasteiger charge is -1.92. The molecule has 0 amide bonds. The molecule has 0 aromatic carbocycles. The number of aromatic amines is 1. The van der Waals surface area contributed by atoms with Crippen LogP contribution in [0.1, 0.15) is 0 Å². The minimum absolute atomic E-state index is 0.541. The molecule has 2 N–H and O–H groups in total. The molecule has 0 saturated heterocycles. The summed E-state index contributed by atoms with van der Waals surface area (Å²) < 4.78 is 0. The summed E-state index contributed by atoms with van der Waals surface area (Å²) in [7, 11) is 0. The monoisotopic (exact) mass is 121 g/mol. The molecule has 0 aliphatic rings. The van der Waals surface area contributed by atoms with Crippen molar-refractivity contribution in [3.63, 3.8) is 0 Å². The summed E-state index contributed by atoms with van der Waals surface area (Å²) in [6.45, 7) is 0.541. The lowest BCUT2D eigenvalue weighted by atomic mass is 10.5. The zero-order valence-electron chi connectivity index (χ0n) is 4.89. The van der Waals surface area contributed by atoms with Crippen LogP contribution < -0.4 is 5.32 Å². The molecule has 0 spiro atoms. The van der Waals surface area contributed by atoms with E-state index in [0.717, 1.165) is 5.69 Å². The fourth-order valence-corrected chi connectivity index (χ4v) is 0.501. The van der Waals surface area contributed by atoms with Crippen molar-refractivity contribution in [1.29, 1.82) is 0 Å². The predicted molar refractivity (Wildman–Crippen MR) is 35.9 cm³/mol. The summed E-state index contributed by atoms with van der Waals surface area (Å²) >= 11 is 0. The maximum absolute atomic E-state index is 5.00. The molecule has 0 atom stereocenters. The van der Waals surface area contributed by atoms with Crippen LogP contribution in [0.5, 0.6) is 0 Å². The third kappa shape index (κ3) is 1.50. The van der Waals surface area contributed by atoms with E-state index in [1.807, 2.05) is 0 Å². The predicted octanol–water partition coefficient (Wildman–Crippen LogP) is 0.455. The van der Waals surface area contributed by atoms with Crippen molar-refractivity contribution >= 4 is 5.69 Å². The van der Waals surface area contributed by atoms with Gasteiger partial charge >= 0.3 is 0 Å². The summed E-state index contributed by atoms with van der Waals surface area (Å²) in [6, 6.07) is 0.